The van der Waals surface area contributed by atoms with Crippen LogP contribution in [0.5, 0.6) is 5.75 Å². The Morgan fingerprint density at radius 2 is 1.57 bits per heavy atom. The van der Waals surface area contributed by atoms with E-state index in [1.54, 1.807) is 49.6 Å². The van der Waals surface area contributed by atoms with Crippen LogP contribution in [0.15, 0.2) is 66.7 Å². The Hall–Kier alpha value is -3.38. The number of carbonyl (C=O) groups excluding carboxylic acids is 2. The van der Waals surface area contributed by atoms with Gasteiger partial charge in [-0.05, 0) is 54.1 Å². The van der Waals surface area contributed by atoms with Crippen LogP contribution in [0.2, 0.25) is 5.02 Å². The lowest BCUT2D eigenvalue weighted by Crippen LogP contribution is -2.25. The van der Waals surface area contributed by atoms with Crippen LogP contribution in [0.25, 0.3) is 0 Å². The number of rotatable bonds is 6. The Balaban J connectivity index is 1.63. The van der Waals surface area contributed by atoms with Crippen molar-refractivity contribution < 1.29 is 14.3 Å². The average Bonchev–Trinajstić information content (AvgIpc) is 2.74. The predicted octanol–water partition coefficient (Wildman–Crippen LogP) is 3.93. The van der Waals surface area contributed by atoms with Gasteiger partial charge in [-0.25, -0.2) is 4.98 Å². The van der Waals surface area contributed by atoms with Crippen LogP contribution in [0, 0.1) is 0 Å². The van der Waals surface area contributed by atoms with Gasteiger partial charge in [0.25, 0.3) is 11.8 Å². The van der Waals surface area contributed by atoms with Crippen molar-refractivity contribution in [2.24, 2.45) is 0 Å². The average molecular weight is 396 g/mol. The SMILES string of the molecule is COc1ccc(CNC(=O)c2cccc(C(=O)Nc3ccc(Cl)cc3)n2)cc1. The van der Waals surface area contributed by atoms with Crippen LogP contribution in [-0.4, -0.2) is 23.9 Å². The smallest absolute Gasteiger partial charge is 0.274 e. The van der Waals surface area contributed by atoms with Gasteiger partial charge in [-0.3, -0.25) is 9.59 Å². The minimum absolute atomic E-state index is 0.145. The van der Waals surface area contributed by atoms with E-state index in [4.69, 9.17) is 16.3 Å². The van der Waals surface area contributed by atoms with Gasteiger partial charge in [-0.2, -0.15) is 0 Å². The van der Waals surface area contributed by atoms with E-state index in [-0.39, 0.29) is 17.3 Å². The normalized spacial score (nSPS) is 10.2. The molecule has 1 aromatic heterocycles. The minimum Gasteiger partial charge on any atom is -0.497 e. The maximum absolute atomic E-state index is 12.4. The number of carbonyl (C=O) groups is 2. The van der Waals surface area contributed by atoms with E-state index < -0.39 is 5.91 Å². The molecule has 0 saturated carbocycles. The molecule has 2 N–H and O–H groups in total. The lowest BCUT2D eigenvalue weighted by atomic mass is 10.2. The van der Waals surface area contributed by atoms with Gasteiger partial charge >= 0.3 is 0 Å². The molecule has 6 nitrogen and oxygen atoms in total. The molecule has 1 heterocycles. The molecule has 0 fully saturated rings. The van der Waals surface area contributed by atoms with Gasteiger partial charge in [-0.1, -0.05) is 29.8 Å². The maximum atomic E-state index is 12.4. The summed E-state index contributed by atoms with van der Waals surface area (Å²) < 4.78 is 5.11. The van der Waals surface area contributed by atoms with Crippen LogP contribution in [0.3, 0.4) is 0 Å². The van der Waals surface area contributed by atoms with Crippen molar-refractivity contribution >= 4 is 29.1 Å². The van der Waals surface area contributed by atoms with Gasteiger partial charge in [-0.15, -0.1) is 0 Å². The van der Waals surface area contributed by atoms with Crippen LogP contribution < -0.4 is 15.4 Å². The minimum atomic E-state index is -0.410. The third-order valence-corrected chi connectivity index (χ3v) is 4.18. The molecule has 0 aliphatic rings. The molecule has 3 rings (SSSR count). The van der Waals surface area contributed by atoms with E-state index in [1.165, 1.54) is 0 Å². The number of halogens is 1. The summed E-state index contributed by atoms with van der Waals surface area (Å²) in [6.45, 7) is 0.339. The van der Waals surface area contributed by atoms with Gasteiger partial charge in [0.2, 0.25) is 0 Å². The van der Waals surface area contributed by atoms with Crippen molar-refractivity contribution in [2.45, 2.75) is 6.54 Å². The zero-order valence-corrected chi connectivity index (χ0v) is 15.9. The highest BCUT2D eigenvalue weighted by Gasteiger charge is 2.12. The van der Waals surface area contributed by atoms with Crippen LogP contribution >= 0.6 is 11.6 Å². The van der Waals surface area contributed by atoms with Gasteiger partial charge in [0.15, 0.2) is 0 Å². The number of benzene rings is 2. The van der Waals surface area contributed by atoms with Crippen molar-refractivity contribution in [2.75, 3.05) is 12.4 Å². The van der Waals surface area contributed by atoms with Crippen molar-refractivity contribution in [1.29, 1.82) is 0 Å². The van der Waals surface area contributed by atoms with Crippen LogP contribution in [0.1, 0.15) is 26.5 Å². The summed E-state index contributed by atoms with van der Waals surface area (Å²) in [4.78, 5) is 28.9. The van der Waals surface area contributed by atoms with Gasteiger partial charge in [0.1, 0.15) is 17.1 Å². The fourth-order valence-electron chi connectivity index (χ4n) is 2.43. The number of nitrogens with zero attached hydrogens (tertiary/aromatic N) is 1. The van der Waals surface area contributed by atoms with E-state index in [2.05, 4.69) is 15.6 Å². The first kappa shape index (κ1) is 19.4. The number of anilines is 1. The number of ether oxygens (including phenoxy) is 1. The monoisotopic (exact) mass is 395 g/mol. The summed E-state index contributed by atoms with van der Waals surface area (Å²) in [6.07, 6.45) is 0. The number of hydrogen-bond donors (Lipinski definition) is 2. The molecule has 142 valence electrons. The Bertz CT molecular complexity index is 973. The Morgan fingerprint density at radius 3 is 2.21 bits per heavy atom. The first-order valence-corrected chi connectivity index (χ1v) is 8.88. The van der Waals surface area contributed by atoms with Gasteiger partial charge in [0.05, 0.1) is 7.11 Å². The van der Waals surface area contributed by atoms with Crippen LogP contribution in [-0.2, 0) is 6.54 Å². The molecule has 28 heavy (non-hydrogen) atoms. The second-order valence-corrected chi connectivity index (χ2v) is 6.34. The molecule has 0 aliphatic heterocycles. The molecule has 7 heteroatoms. The second kappa shape index (κ2) is 9.01. The molecular weight excluding hydrogens is 378 g/mol. The van der Waals surface area contributed by atoms with Crippen molar-refractivity contribution in [3.05, 3.63) is 88.7 Å². The summed E-state index contributed by atoms with van der Waals surface area (Å²) in [6, 6.07) is 18.8. The molecule has 3 aromatic rings. The highest BCUT2D eigenvalue weighted by molar-refractivity contribution is 6.30. The van der Waals surface area contributed by atoms with Gasteiger partial charge < -0.3 is 15.4 Å². The van der Waals surface area contributed by atoms with Crippen molar-refractivity contribution in [1.82, 2.24) is 10.3 Å². The molecule has 2 amide bonds. The number of pyridine rings is 1. The molecular formula is C21H18ClN3O3. The first-order valence-electron chi connectivity index (χ1n) is 8.50. The Kier molecular flexibility index (Phi) is 6.24. The van der Waals surface area contributed by atoms with Crippen molar-refractivity contribution in [3.8, 4) is 5.75 Å². The summed E-state index contributed by atoms with van der Waals surface area (Å²) in [7, 11) is 1.60. The number of hydrogen-bond acceptors (Lipinski definition) is 4. The zero-order valence-electron chi connectivity index (χ0n) is 15.1. The van der Waals surface area contributed by atoms with E-state index in [0.29, 0.717) is 17.3 Å². The molecule has 0 atom stereocenters. The highest BCUT2D eigenvalue weighted by Crippen LogP contribution is 2.14. The summed E-state index contributed by atoms with van der Waals surface area (Å²) in [5.41, 5.74) is 1.82. The number of nitrogens with one attached hydrogen (secondary N) is 2. The molecule has 0 saturated heterocycles. The molecule has 0 aliphatic carbocycles. The largest absolute Gasteiger partial charge is 0.497 e. The quantitative estimate of drug-likeness (QED) is 0.662. The predicted molar refractivity (Wildman–Crippen MR) is 108 cm³/mol. The number of aromatic nitrogens is 1. The second-order valence-electron chi connectivity index (χ2n) is 5.90. The first-order chi connectivity index (χ1) is 13.5. The molecule has 0 bridgehead atoms. The third kappa shape index (κ3) is 5.08. The standard InChI is InChI=1S/C21H18ClN3O3/c1-28-17-11-5-14(6-12-17)13-23-20(26)18-3-2-4-19(25-18)21(27)24-16-9-7-15(22)8-10-16/h2-12H,13H2,1H3,(H,23,26)(H,24,27). The van der Waals surface area contributed by atoms with E-state index in [0.717, 1.165) is 11.3 Å². The Labute approximate surface area is 167 Å². The number of amides is 2. The fourth-order valence-corrected chi connectivity index (χ4v) is 2.56. The summed E-state index contributed by atoms with van der Waals surface area (Å²) in [5, 5.41) is 6.08. The summed E-state index contributed by atoms with van der Waals surface area (Å²) >= 11 is 5.83. The van der Waals surface area contributed by atoms with E-state index in [1.807, 2.05) is 24.3 Å². The third-order valence-electron chi connectivity index (χ3n) is 3.93. The molecule has 2 aromatic carbocycles. The van der Waals surface area contributed by atoms with Crippen LogP contribution in [0.4, 0.5) is 5.69 Å². The zero-order chi connectivity index (χ0) is 19.9. The highest BCUT2D eigenvalue weighted by atomic mass is 35.5. The molecule has 0 unspecified atom stereocenters. The summed E-state index contributed by atoms with van der Waals surface area (Å²) in [5.74, 6) is -0.0276. The lowest BCUT2D eigenvalue weighted by molar-refractivity contribution is 0.0945. The van der Waals surface area contributed by atoms with Crippen molar-refractivity contribution in [3.63, 3.8) is 0 Å². The number of methoxy groups -OCH3 is 1. The lowest BCUT2D eigenvalue weighted by Gasteiger charge is -2.08. The van der Waals surface area contributed by atoms with E-state index in [9.17, 15) is 9.59 Å². The Morgan fingerprint density at radius 1 is 0.929 bits per heavy atom. The molecule has 0 radical (unpaired) electrons. The fraction of sp³-hybridized carbons (Fsp3) is 0.0952. The van der Waals surface area contributed by atoms with E-state index >= 15 is 0 Å². The maximum Gasteiger partial charge on any atom is 0.274 e. The molecule has 0 spiro atoms. The topological polar surface area (TPSA) is 80.3 Å². The van der Waals surface area contributed by atoms with Gasteiger partial charge in [0, 0.05) is 17.3 Å².